The van der Waals surface area contributed by atoms with E-state index in [1.54, 1.807) is 6.26 Å². The summed E-state index contributed by atoms with van der Waals surface area (Å²) in [6.45, 7) is 6.60. The van der Waals surface area contributed by atoms with Gasteiger partial charge < -0.3 is 19.5 Å². The number of rotatable bonds is 8. The summed E-state index contributed by atoms with van der Waals surface area (Å²) in [7, 11) is 0. The van der Waals surface area contributed by atoms with Crippen LogP contribution in [0.1, 0.15) is 43.7 Å². The van der Waals surface area contributed by atoms with Gasteiger partial charge in [0, 0.05) is 31.9 Å². The number of likely N-dealkylation sites (tertiary alicyclic amines) is 1. The van der Waals surface area contributed by atoms with E-state index in [4.69, 9.17) is 9.41 Å². The predicted molar refractivity (Wildman–Crippen MR) is 120 cm³/mol. The maximum Gasteiger partial charge on any atom is 0.191 e. The van der Waals surface area contributed by atoms with Crippen molar-refractivity contribution in [2.45, 2.75) is 38.6 Å². The number of nitrogens with one attached hydrogen (secondary N) is 2. The Morgan fingerprint density at radius 1 is 1.17 bits per heavy atom. The number of pyridine rings is 1. The molecule has 0 saturated carbocycles. The zero-order valence-corrected chi connectivity index (χ0v) is 17.8. The minimum absolute atomic E-state index is 0.189. The van der Waals surface area contributed by atoms with Gasteiger partial charge in [0.15, 0.2) is 5.96 Å². The molecule has 0 spiro atoms. The van der Waals surface area contributed by atoms with E-state index < -0.39 is 0 Å². The van der Waals surface area contributed by atoms with Crippen molar-refractivity contribution < 1.29 is 4.42 Å². The third kappa shape index (κ3) is 5.21. The van der Waals surface area contributed by atoms with Crippen LogP contribution in [0.3, 0.4) is 0 Å². The molecule has 30 heavy (non-hydrogen) atoms. The number of imidazole rings is 1. The number of aliphatic imine (C=N–C) groups is 1. The Morgan fingerprint density at radius 2 is 2.07 bits per heavy atom. The van der Waals surface area contributed by atoms with Gasteiger partial charge in [-0.2, -0.15) is 0 Å². The molecule has 0 radical (unpaired) electrons. The first-order chi connectivity index (χ1) is 14.8. The molecule has 0 bridgehead atoms. The molecule has 0 amide bonds. The van der Waals surface area contributed by atoms with Crippen molar-refractivity contribution in [1.29, 1.82) is 0 Å². The Bertz CT molecular complexity index is 893. The summed E-state index contributed by atoms with van der Waals surface area (Å²) < 4.78 is 7.80. The zero-order valence-electron chi connectivity index (χ0n) is 17.8. The molecular weight excluding hydrogens is 376 g/mol. The third-order valence-electron chi connectivity index (χ3n) is 5.56. The number of piperidine rings is 1. The van der Waals surface area contributed by atoms with Crippen LogP contribution in [-0.4, -0.2) is 53.0 Å². The highest BCUT2D eigenvalue weighted by Gasteiger charge is 2.24. The van der Waals surface area contributed by atoms with Gasteiger partial charge in [-0.3, -0.25) is 9.89 Å². The number of guanidine groups is 1. The summed E-state index contributed by atoms with van der Waals surface area (Å²) in [6, 6.07) is 10.3. The number of fused-ring (bicyclic) bond motifs is 1. The van der Waals surface area contributed by atoms with Gasteiger partial charge in [0.05, 0.1) is 24.5 Å². The molecule has 1 atom stereocenters. The molecule has 7 heteroatoms. The maximum absolute atomic E-state index is 5.75. The summed E-state index contributed by atoms with van der Waals surface area (Å²) in [5.74, 6) is 1.84. The molecular formula is C23H32N6O. The van der Waals surface area contributed by atoms with Crippen LogP contribution in [0, 0.1) is 0 Å². The van der Waals surface area contributed by atoms with Crippen LogP contribution in [0.2, 0.25) is 0 Å². The highest BCUT2D eigenvalue weighted by molar-refractivity contribution is 5.79. The first-order valence-corrected chi connectivity index (χ1v) is 11.1. The molecule has 1 saturated heterocycles. The van der Waals surface area contributed by atoms with E-state index >= 15 is 0 Å². The second-order valence-electron chi connectivity index (χ2n) is 7.72. The maximum atomic E-state index is 5.75. The molecule has 2 N–H and O–H groups in total. The van der Waals surface area contributed by atoms with E-state index in [-0.39, 0.29) is 6.04 Å². The van der Waals surface area contributed by atoms with Gasteiger partial charge in [0.25, 0.3) is 0 Å². The van der Waals surface area contributed by atoms with Gasteiger partial charge >= 0.3 is 0 Å². The zero-order chi connectivity index (χ0) is 20.6. The summed E-state index contributed by atoms with van der Waals surface area (Å²) >= 11 is 0. The summed E-state index contributed by atoms with van der Waals surface area (Å²) in [5, 5.41) is 6.82. The second-order valence-corrected chi connectivity index (χ2v) is 7.72. The van der Waals surface area contributed by atoms with E-state index in [0.717, 1.165) is 55.7 Å². The molecule has 4 heterocycles. The lowest BCUT2D eigenvalue weighted by molar-refractivity contribution is 0.150. The first-order valence-electron chi connectivity index (χ1n) is 11.1. The Balaban J connectivity index is 1.37. The van der Waals surface area contributed by atoms with Crippen LogP contribution in [0.5, 0.6) is 0 Å². The fourth-order valence-electron chi connectivity index (χ4n) is 4.03. The highest BCUT2D eigenvalue weighted by Crippen LogP contribution is 2.25. The third-order valence-corrected chi connectivity index (χ3v) is 5.56. The van der Waals surface area contributed by atoms with Crippen molar-refractivity contribution in [2.24, 2.45) is 4.99 Å². The molecule has 0 aromatic carbocycles. The van der Waals surface area contributed by atoms with E-state index in [0.29, 0.717) is 6.54 Å². The molecule has 1 aliphatic rings. The smallest absolute Gasteiger partial charge is 0.191 e. The standard InChI is InChI=1S/C23H32N6O/c1-2-24-23(25-12-11-19-18-29-15-7-4-10-22(29)27-19)26-17-20(21-9-8-16-30-21)28-13-5-3-6-14-28/h4,7-10,15-16,18,20H,2-3,5-6,11-14,17H2,1H3,(H2,24,25,26). The highest BCUT2D eigenvalue weighted by atomic mass is 16.3. The van der Waals surface area contributed by atoms with Crippen LogP contribution >= 0.6 is 0 Å². The summed E-state index contributed by atoms with van der Waals surface area (Å²) in [5.41, 5.74) is 2.06. The minimum atomic E-state index is 0.189. The van der Waals surface area contributed by atoms with Crippen molar-refractivity contribution in [1.82, 2.24) is 24.9 Å². The lowest BCUT2D eigenvalue weighted by Crippen LogP contribution is -2.40. The van der Waals surface area contributed by atoms with Gasteiger partial charge in [-0.25, -0.2) is 4.98 Å². The number of hydrogen-bond donors (Lipinski definition) is 2. The number of hydrogen-bond acceptors (Lipinski definition) is 4. The molecule has 0 aliphatic carbocycles. The van der Waals surface area contributed by atoms with Crippen molar-refractivity contribution >= 4 is 11.6 Å². The largest absolute Gasteiger partial charge is 0.468 e. The summed E-state index contributed by atoms with van der Waals surface area (Å²) in [6.07, 6.45) is 10.5. The van der Waals surface area contributed by atoms with Crippen LogP contribution in [0.15, 0.2) is 58.4 Å². The minimum Gasteiger partial charge on any atom is -0.468 e. The van der Waals surface area contributed by atoms with Crippen molar-refractivity contribution in [2.75, 3.05) is 32.7 Å². The normalized spacial score (nSPS) is 16.6. The Labute approximate surface area is 178 Å². The lowest BCUT2D eigenvalue weighted by Gasteiger charge is -2.32. The van der Waals surface area contributed by atoms with Gasteiger partial charge in [0.1, 0.15) is 11.4 Å². The molecule has 3 aromatic rings. The fourth-order valence-corrected chi connectivity index (χ4v) is 4.03. The Hall–Kier alpha value is -2.80. The van der Waals surface area contributed by atoms with Gasteiger partial charge in [0.2, 0.25) is 0 Å². The molecule has 7 nitrogen and oxygen atoms in total. The quantitative estimate of drug-likeness (QED) is 0.442. The van der Waals surface area contributed by atoms with Crippen LogP contribution in [-0.2, 0) is 6.42 Å². The van der Waals surface area contributed by atoms with Crippen molar-refractivity contribution in [3.05, 3.63) is 60.4 Å². The SMILES string of the molecule is CCNC(=NCC(c1ccco1)N1CCCCC1)NCCc1cn2ccccc2n1. The molecule has 1 aliphatic heterocycles. The first kappa shape index (κ1) is 20.5. The number of aromatic nitrogens is 2. The Morgan fingerprint density at radius 3 is 2.83 bits per heavy atom. The lowest BCUT2D eigenvalue weighted by atomic mass is 10.1. The predicted octanol–water partition coefficient (Wildman–Crippen LogP) is 3.25. The molecule has 160 valence electrons. The second kappa shape index (κ2) is 10.3. The average molecular weight is 409 g/mol. The fraction of sp³-hybridized carbons (Fsp3) is 0.478. The molecule has 4 rings (SSSR count). The van der Waals surface area contributed by atoms with E-state index in [2.05, 4.69) is 44.1 Å². The number of nitrogens with zero attached hydrogens (tertiary/aromatic N) is 4. The average Bonchev–Trinajstić information content (AvgIpc) is 3.44. The topological polar surface area (TPSA) is 70.1 Å². The van der Waals surface area contributed by atoms with Crippen molar-refractivity contribution in [3.63, 3.8) is 0 Å². The van der Waals surface area contributed by atoms with Gasteiger partial charge in [-0.15, -0.1) is 0 Å². The molecule has 1 unspecified atom stereocenters. The van der Waals surface area contributed by atoms with E-state index in [9.17, 15) is 0 Å². The summed E-state index contributed by atoms with van der Waals surface area (Å²) in [4.78, 5) is 12.1. The van der Waals surface area contributed by atoms with E-state index in [1.807, 2.05) is 30.5 Å². The van der Waals surface area contributed by atoms with Gasteiger partial charge in [-0.1, -0.05) is 12.5 Å². The van der Waals surface area contributed by atoms with Crippen LogP contribution in [0.25, 0.3) is 5.65 Å². The monoisotopic (exact) mass is 408 g/mol. The molecule has 3 aromatic heterocycles. The van der Waals surface area contributed by atoms with Crippen LogP contribution in [0.4, 0.5) is 0 Å². The van der Waals surface area contributed by atoms with Crippen LogP contribution < -0.4 is 10.6 Å². The molecule has 1 fully saturated rings. The Kier molecular flexibility index (Phi) is 7.03. The van der Waals surface area contributed by atoms with Crippen molar-refractivity contribution in [3.8, 4) is 0 Å². The van der Waals surface area contributed by atoms with Gasteiger partial charge in [-0.05, 0) is 57.1 Å². The van der Waals surface area contributed by atoms with E-state index in [1.165, 1.54) is 19.3 Å². The number of furan rings is 1.